The van der Waals surface area contributed by atoms with Gasteiger partial charge < -0.3 is 10.6 Å². The minimum absolute atomic E-state index is 0.661. The van der Waals surface area contributed by atoms with Gasteiger partial charge in [-0.3, -0.25) is 0 Å². The summed E-state index contributed by atoms with van der Waals surface area (Å²) >= 11 is 5.07. The smallest absolute Gasteiger partial charge is 0.166 e. The van der Waals surface area contributed by atoms with Crippen LogP contribution in [0.25, 0.3) is 0 Å². The zero-order valence-electron chi connectivity index (χ0n) is 7.18. The summed E-state index contributed by atoms with van der Waals surface area (Å²) in [4.78, 5) is 0. The Kier molecular flexibility index (Phi) is 3.12. The number of hydrogen-bond donors (Lipinski definition) is 2. The first-order valence-corrected chi connectivity index (χ1v) is 4.63. The highest BCUT2D eigenvalue weighted by Gasteiger charge is 2.21. The zero-order valence-corrected chi connectivity index (χ0v) is 8.00. The molecule has 1 rings (SSSR count). The molecule has 0 unspecified atom stereocenters. The lowest BCUT2D eigenvalue weighted by molar-refractivity contribution is 0.619. The van der Waals surface area contributed by atoms with E-state index in [1.54, 1.807) is 0 Å². The molecule has 0 spiro atoms. The van der Waals surface area contributed by atoms with Gasteiger partial charge in [-0.2, -0.15) is 0 Å². The molecule has 11 heavy (non-hydrogen) atoms. The van der Waals surface area contributed by atoms with Crippen LogP contribution in [0, 0.1) is 5.92 Å². The molecule has 64 valence electrons. The first kappa shape index (κ1) is 8.78. The van der Waals surface area contributed by atoms with Crippen molar-refractivity contribution in [3.63, 3.8) is 0 Å². The lowest BCUT2D eigenvalue weighted by Crippen LogP contribution is -2.38. The van der Waals surface area contributed by atoms with Crippen LogP contribution >= 0.6 is 12.2 Å². The molecule has 1 fully saturated rings. The van der Waals surface area contributed by atoms with Gasteiger partial charge in [0, 0.05) is 12.6 Å². The van der Waals surface area contributed by atoms with Gasteiger partial charge in [0.2, 0.25) is 0 Å². The third-order valence-corrected chi connectivity index (χ3v) is 1.85. The van der Waals surface area contributed by atoms with Crippen LogP contribution in [0.2, 0.25) is 0 Å². The average Bonchev–Trinajstić information content (AvgIpc) is 2.67. The van der Waals surface area contributed by atoms with E-state index in [0.717, 1.165) is 11.7 Å². The zero-order chi connectivity index (χ0) is 8.27. The Morgan fingerprint density at radius 3 is 2.64 bits per heavy atom. The summed E-state index contributed by atoms with van der Waals surface area (Å²) in [7, 11) is 0. The Hall–Kier alpha value is -0.310. The van der Waals surface area contributed by atoms with Gasteiger partial charge in [-0.05, 0) is 31.0 Å². The molecule has 0 amide bonds. The Morgan fingerprint density at radius 1 is 1.55 bits per heavy atom. The van der Waals surface area contributed by atoms with Crippen LogP contribution in [-0.4, -0.2) is 17.7 Å². The molecule has 0 aromatic heterocycles. The molecule has 0 aliphatic heterocycles. The van der Waals surface area contributed by atoms with Gasteiger partial charge >= 0.3 is 0 Å². The Labute approximate surface area is 73.7 Å². The summed E-state index contributed by atoms with van der Waals surface area (Å²) in [6, 6.07) is 0.669. The summed E-state index contributed by atoms with van der Waals surface area (Å²) in [6.07, 6.45) is 2.56. The summed E-state index contributed by atoms with van der Waals surface area (Å²) in [5, 5.41) is 7.22. The van der Waals surface area contributed by atoms with Gasteiger partial charge in [0.1, 0.15) is 0 Å². The van der Waals surface area contributed by atoms with E-state index in [1.807, 2.05) is 0 Å². The fourth-order valence-electron chi connectivity index (χ4n) is 0.761. The maximum Gasteiger partial charge on any atom is 0.166 e. The highest BCUT2D eigenvalue weighted by Crippen LogP contribution is 2.18. The van der Waals surface area contributed by atoms with Gasteiger partial charge in [-0.15, -0.1) is 0 Å². The maximum atomic E-state index is 5.07. The van der Waals surface area contributed by atoms with Gasteiger partial charge in [0.25, 0.3) is 0 Å². The maximum absolute atomic E-state index is 5.07. The molecule has 0 aromatic carbocycles. The van der Waals surface area contributed by atoms with Crippen LogP contribution in [0.4, 0.5) is 0 Å². The van der Waals surface area contributed by atoms with Crippen molar-refractivity contribution >= 4 is 17.3 Å². The number of rotatable bonds is 3. The lowest BCUT2D eigenvalue weighted by Gasteiger charge is -2.10. The van der Waals surface area contributed by atoms with E-state index in [9.17, 15) is 0 Å². The van der Waals surface area contributed by atoms with E-state index < -0.39 is 0 Å². The van der Waals surface area contributed by atoms with Crippen LogP contribution in [0.15, 0.2) is 0 Å². The molecule has 1 aliphatic carbocycles. The Bertz CT molecular complexity index is 141. The third kappa shape index (κ3) is 4.19. The molecule has 0 bridgehead atoms. The molecule has 0 heterocycles. The predicted octanol–water partition coefficient (Wildman–Crippen LogP) is 1.27. The van der Waals surface area contributed by atoms with Crippen molar-refractivity contribution in [1.29, 1.82) is 0 Å². The molecule has 1 saturated carbocycles. The number of hydrogen-bond acceptors (Lipinski definition) is 1. The van der Waals surface area contributed by atoms with Gasteiger partial charge in [-0.25, -0.2) is 0 Å². The van der Waals surface area contributed by atoms with Crippen LogP contribution in [0.5, 0.6) is 0 Å². The predicted molar refractivity (Wildman–Crippen MR) is 51.6 cm³/mol. The van der Waals surface area contributed by atoms with Crippen molar-refractivity contribution in [3.8, 4) is 0 Å². The highest BCUT2D eigenvalue weighted by atomic mass is 32.1. The standard InChI is InChI=1S/C8H16N2S/c1-6(2)5-9-8(11)10-7-3-4-7/h6-7H,3-5H2,1-2H3,(H2,9,10,11). The molecule has 0 saturated heterocycles. The second-order valence-electron chi connectivity index (χ2n) is 3.52. The fourth-order valence-corrected chi connectivity index (χ4v) is 1.01. The molecule has 0 radical (unpaired) electrons. The molecule has 0 aromatic rings. The van der Waals surface area contributed by atoms with Crippen LogP contribution in [0.3, 0.4) is 0 Å². The summed E-state index contributed by atoms with van der Waals surface area (Å²) in [5.74, 6) is 0.661. The molecule has 3 heteroatoms. The van der Waals surface area contributed by atoms with E-state index in [0.29, 0.717) is 12.0 Å². The second-order valence-corrected chi connectivity index (χ2v) is 3.93. The molecule has 2 N–H and O–H groups in total. The van der Waals surface area contributed by atoms with Crippen LogP contribution < -0.4 is 10.6 Å². The van der Waals surface area contributed by atoms with E-state index in [1.165, 1.54) is 12.8 Å². The molecular weight excluding hydrogens is 156 g/mol. The van der Waals surface area contributed by atoms with Gasteiger partial charge in [-0.1, -0.05) is 13.8 Å². The summed E-state index contributed by atoms with van der Waals surface area (Å²) in [6.45, 7) is 5.32. The van der Waals surface area contributed by atoms with Gasteiger partial charge in [0.15, 0.2) is 5.11 Å². The molecule has 1 aliphatic rings. The van der Waals surface area contributed by atoms with Crippen molar-refractivity contribution < 1.29 is 0 Å². The minimum Gasteiger partial charge on any atom is -0.362 e. The van der Waals surface area contributed by atoms with E-state index in [4.69, 9.17) is 12.2 Å². The molecule has 2 nitrogen and oxygen atoms in total. The summed E-state index contributed by atoms with van der Waals surface area (Å²) in [5.41, 5.74) is 0. The second kappa shape index (κ2) is 3.90. The van der Waals surface area contributed by atoms with Crippen molar-refractivity contribution in [1.82, 2.24) is 10.6 Å². The highest BCUT2D eigenvalue weighted by molar-refractivity contribution is 7.80. The van der Waals surface area contributed by atoms with Crippen molar-refractivity contribution in [2.24, 2.45) is 5.92 Å². The SMILES string of the molecule is CC(C)CNC(=S)NC1CC1. The van der Waals surface area contributed by atoms with E-state index in [-0.39, 0.29) is 0 Å². The minimum atomic E-state index is 0.661. The summed E-state index contributed by atoms with van der Waals surface area (Å²) < 4.78 is 0. The first-order chi connectivity index (χ1) is 5.18. The monoisotopic (exact) mass is 172 g/mol. The Balaban J connectivity index is 2.00. The molecular formula is C8H16N2S. The quantitative estimate of drug-likeness (QED) is 0.627. The first-order valence-electron chi connectivity index (χ1n) is 4.23. The fraction of sp³-hybridized carbons (Fsp3) is 0.875. The average molecular weight is 172 g/mol. The van der Waals surface area contributed by atoms with Crippen LogP contribution in [-0.2, 0) is 0 Å². The van der Waals surface area contributed by atoms with Crippen LogP contribution in [0.1, 0.15) is 26.7 Å². The number of nitrogens with one attached hydrogen (secondary N) is 2. The number of thiocarbonyl (C=S) groups is 1. The van der Waals surface area contributed by atoms with E-state index in [2.05, 4.69) is 24.5 Å². The van der Waals surface area contributed by atoms with Crippen molar-refractivity contribution in [2.45, 2.75) is 32.7 Å². The molecule has 0 atom stereocenters. The Morgan fingerprint density at radius 2 is 2.18 bits per heavy atom. The third-order valence-electron chi connectivity index (χ3n) is 1.58. The van der Waals surface area contributed by atoms with E-state index >= 15 is 0 Å². The lowest BCUT2D eigenvalue weighted by atomic mass is 10.2. The topological polar surface area (TPSA) is 24.1 Å². The van der Waals surface area contributed by atoms with Gasteiger partial charge in [0.05, 0.1) is 0 Å². The normalized spacial score (nSPS) is 16.6. The van der Waals surface area contributed by atoms with Crippen molar-refractivity contribution in [2.75, 3.05) is 6.54 Å². The van der Waals surface area contributed by atoms with Crippen molar-refractivity contribution in [3.05, 3.63) is 0 Å². The largest absolute Gasteiger partial charge is 0.362 e.